The lowest BCUT2D eigenvalue weighted by molar-refractivity contribution is 0.0375. The third kappa shape index (κ3) is 2.87. The fourth-order valence-electron chi connectivity index (χ4n) is 2.89. The van der Waals surface area contributed by atoms with Gasteiger partial charge in [0.2, 0.25) is 11.7 Å². The zero-order valence-electron chi connectivity index (χ0n) is 12.4. The van der Waals surface area contributed by atoms with Crippen LogP contribution in [0.15, 0.2) is 53.1 Å². The summed E-state index contributed by atoms with van der Waals surface area (Å²) < 4.78 is 11.3. The van der Waals surface area contributed by atoms with Crippen molar-refractivity contribution >= 4 is 11.6 Å². The van der Waals surface area contributed by atoms with Crippen LogP contribution < -0.4 is 0 Å². The summed E-state index contributed by atoms with van der Waals surface area (Å²) in [7, 11) is 0. The van der Waals surface area contributed by atoms with Crippen molar-refractivity contribution in [3.8, 4) is 11.4 Å². The van der Waals surface area contributed by atoms with E-state index in [1.165, 1.54) is 11.1 Å². The molecule has 2 aromatic carbocycles. The van der Waals surface area contributed by atoms with Crippen LogP contribution in [0.2, 0.25) is 5.02 Å². The molecule has 116 valence electrons. The molecule has 4 rings (SSSR count). The lowest BCUT2D eigenvalue weighted by Gasteiger charge is -2.24. The predicted octanol–water partition coefficient (Wildman–Crippen LogP) is 4.25. The number of ether oxygens (including phenoxy) is 1. The maximum atomic E-state index is 6.18. The van der Waals surface area contributed by atoms with Crippen LogP contribution in [0.4, 0.5) is 0 Å². The van der Waals surface area contributed by atoms with Gasteiger partial charge in [0.25, 0.3) is 0 Å². The molecule has 1 unspecified atom stereocenters. The zero-order chi connectivity index (χ0) is 15.6. The Morgan fingerprint density at radius 2 is 1.91 bits per heavy atom. The largest absolute Gasteiger partial charge is 0.373 e. The van der Waals surface area contributed by atoms with Gasteiger partial charge in [-0.25, -0.2) is 0 Å². The van der Waals surface area contributed by atoms with Gasteiger partial charge in [-0.15, -0.1) is 0 Å². The highest BCUT2D eigenvalue weighted by Crippen LogP contribution is 2.30. The van der Waals surface area contributed by atoms with Crippen molar-refractivity contribution in [2.45, 2.75) is 18.9 Å². The average Bonchev–Trinajstić information content (AvgIpc) is 3.04. The summed E-state index contributed by atoms with van der Waals surface area (Å²) >= 11 is 6.18. The zero-order valence-corrected chi connectivity index (χ0v) is 13.2. The number of fused-ring (bicyclic) bond motifs is 1. The van der Waals surface area contributed by atoms with Gasteiger partial charge in [0.15, 0.2) is 0 Å². The number of hydrogen-bond donors (Lipinski definition) is 0. The molecule has 4 nitrogen and oxygen atoms in total. The van der Waals surface area contributed by atoms with Crippen LogP contribution in [0.3, 0.4) is 0 Å². The molecule has 0 saturated heterocycles. The minimum atomic E-state index is -0.0421. The quantitative estimate of drug-likeness (QED) is 0.722. The first kappa shape index (κ1) is 14.4. The van der Waals surface area contributed by atoms with Gasteiger partial charge in [-0.1, -0.05) is 53.2 Å². The van der Waals surface area contributed by atoms with Crippen LogP contribution in [0, 0.1) is 0 Å². The van der Waals surface area contributed by atoms with E-state index in [9.17, 15) is 0 Å². The maximum Gasteiger partial charge on any atom is 0.229 e. The molecule has 0 radical (unpaired) electrons. The monoisotopic (exact) mass is 326 g/mol. The van der Waals surface area contributed by atoms with Crippen LogP contribution in [-0.2, 0) is 17.6 Å². The van der Waals surface area contributed by atoms with Crippen LogP contribution in [0.5, 0.6) is 0 Å². The van der Waals surface area contributed by atoms with E-state index in [4.69, 9.17) is 20.9 Å². The first-order valence-corrected chi connectivity index (χ1v) is 7.96. The molecule has 0 saturated carbocycles. The first-order chi connectivity index (χ1) is 11.3. The number of halogens is 1. The van der Waals surface area contributed by atoms with E-state index >= 15 is 0 Å². The Hall–Kier alpha value is -2.17. The normalized spacial score (nSPS) is 17.0. The van der Waals surface area contributed by atoms with E-state index in [1.807, 2.05) is 30.3 Å². The Kier molecular flexibility index (Phi) is 3.85. The Balaban J connectivity index is 1.59. The van der Waals surface area contributed by atoms with Crippen LogP contribution in [-0.4, -0.2) is 16.7 Å². The fraction of sp³-hybridized carbons (Fsp3) is 0.222. The van der Waals surface area contributed by atoms with Gasteiger partial charge in [0.05, 0.1) is 24.2 Å². The van der Waals surface area contributed by atoms with Crippen molar-refractivity contribution in [1.82, 2.24) is 10.1 Å². The lowest BCUT2D eigenvalue weighted by Crippen LogP contribution is -2.18. The minimum Gasteiger partial charge on any atom is -0.373 e. The molecule has 0 spiro atoms. The molecule has 0 amide bonds. The molecule has 2 heterocycles. The molecule has 0 bridgehead atoms. The van der Waals surface area contributed by atoms with Gasteiger partial charge in [-0.3, -0.25) is 0 Å². The van der Waals surface area contributed by atoms with E-state index in [1.54, 1.807) is 0 Å². The third-order valence-corrected chi connectivity index (χ3v) is 4.36. The molecule has 0 N–H and O–H groups in total. The van der Waals surface area contributed by atoms with Crippen molar-refractivity contribution in [1.29, 1.82) is 0 Å². The van der Waals surface area contributed by atoms with Crippen molar-refractivity contribution in [2.24, 2.45) is 0 Å². The van der Waals surface area contributed by atoms with E-state index in [2.05, 4.69) is 28.3 Å². The summed E-state index contributed by atoms with van der Waals surface area (Å²) in [5.74, 6) is 1.07. The third-order valence-electron chi connectivity index (χ3n) is 4.04. The highest BCUT2D eigenvalue weighted by Gasteiger charge is 2.23. The van der Waals surface area contributed by atoms with Crippen molar-refractivity contribution in [3.05, 3.63) is 70.6 Å². The Morgan fingerprint density at radius 3 is 2.83 bits per heavy atom. The summed E-state index contributed by atoms with van der Waals surface area (Å²) in [5.41, 5.74) is 3.31. The Bertz CT molecular complexity index is 831. The van der Waals surface area contributed by atoms with Crippen molar-refractivity contribution in [2.75, 3.05) is 6.61 Å². The Morgan fingerprint density at radius 1 is 1.09 bits per heavy atom. The molecule has 23 heavy (non-hydrogen) atoms. The molecule has 5 heteroatoms. The van der Waals surface area contributed by atoms with Crippen molar-refractivity contribution < 1.29 is 9.26 Å². The van der Waals surface area contributed by atoms with Crippen LogP contribution in [0.1, 0.15) is 23.1 Å². The van der Waals surface area contributed by atoms with E-state index in [0.717, 1.165) is 12.0 Å². The molecule has 0 fully saturated rings. The minimum absolute atomic E-state index is 0.0421. The van der Waals surface area contributed by atoms with Gasteiger partial charge < -0.3 is 9.26 Å². The SMILES string of the molecule is Clc1ccccc1-c1noc(CC2OCCc3ccccc32)n1. The standard InChI is InChI=1S/C18H15ClN2O2/c19-15-8-4-3-7-14(15)18-20-17(23-21-18)11-16-13-6-2-1-5-12(13)9-10-22-16/h1-8,16H,9-11H2. The number of hydrogen-bond acceptors (Lipinski definition) is 4. The number of aromatic nitrogens is 2. The van der Waals surface area contributed by atoms with E-state index in [-0.39, 0.29) is 6.10 Å². The molecular weight excluding hydrogens is 312 g/mol. The first-order valence-electron chi connectivity index (χ1n) is 7.58. The average molecular weight is 327 g/mol. The van der Waals surface area contributed by atoms with Gasteiger partial charge in [0, 0.05) is 5.56 Å². The van der Waals surface area contributed by atoms with Gasteiger partial charge in [-0.2, -0.15) is 4.98 Å². The maximum absolute atomic E-state index is 6.18. The Labute approximate surface area is 139 Å². The summed E-state index contributed by atoms with van der Waals surface area (Å²) in [6.45, 7) is 0.715. The molecule has 1 aliphatic rings. The van der Waals surface area contributed by atoms with E-state index < -0.39 is 0 Å². The molecule has 0 aliphatic carbocycles. The molecular formula is C18H15ClN2O2. The summed E-state index contributed by atoms with van der Waals surface area (Å²) in [5, 5.41) is 4.65. The number of nitrogens with zero attached hydrogens (tertiary/aromatic N) is 2. The van der Waals surface area contributed by atoms with E-state index in [0.29, 0.717) is 29.8 Å². The summed E-state index contributed by atoms with van der Waals surface area (Å²) in [6, 6.07) is 15.8. The van der Waals surface area contributed by atoms with Gasteiger partial charge in [-0.05, 0) is 29.7 Å². The predicted molar refractivity (Wildman–Crippen MR) is 87.3 cm³/mol. The lowest BCUT2D eigenvalue weighted by atomic mass is 9.96. The second kappa shape index (κ2) is 6.14. The number of benzene rings is 2. The van der Waals surface area contributed by atoms with Crippen LogP contribution >= 0.6 is 11.6 Å². The molecule has 1 atom stereocenters. The smallest absolute Gasteiger partial charge is 0.229 e. The summed E-state index contributed by atoms with van der Waals surface area (Å²) in [4.78, 5) is 4.47. The fourth-order valence-corrected chi connectivity index (χ4v) is 3.11. The van der Waals surface area contributed by atoms with Gasteiger partial charge in [0.1, 0.15) is 0 Å². The van der Waals surface area contributed by atoms with Crippen LogP contribution in [0.25, 0.3) is 11.4 Å². The second-order valence-corrected chi connectivity index (χ2v) is 5.91. The molecule has 3 aromatic rings. The van der Waals surface area contributed by atoms with Gasteiger partial charge >= 0.3 is 0 Å². The topological polar surface area (TPSA) is 48.2 Å². The highest BCUT2D eigenvalue weighted by atomic mass is 35.5. The molecule has 1 aromatic heterocycles. The second-order valence-electron chi connectivity index (χ2n) is 5.50. The summed E-state index contributed by atoms with van der Waals surface area (Å²) in [6.07, 6.45) is 1.47. The molecule has 1 aliphatic heterocycles. The highest BCUT2D eigenvalue weighted by molar-refractivity contribution is 6.33. The number of rotatable bonds is 3. The van der Waals surface area contributed by atoms with Crippen molar-refractivity contribution in [3.63, 3.8) is 0 Å².